The highest BCUT2D eigenvalue weighted by Gasteiger charge is 2.44. The summed E-state index contributed by atoms with van der Waals surface area (Å²) in [4.78, 5) is 4.07. The van der Waals surface area contributed by atoms with Crippen LogP contribution in [0.3, 0.4) is 0 Å². The fraction of sp³-hybridized carbons (Fsp3) is 0.231. The number of nitriles is 2. The minimum atomic E-state index is -0.902. The highest BCUT2D eigenvalue weighted by Crippen LogP contribution is 2.45. The van der Waals surface area contributed by atoms with Crippen molar-refractivity contribution in [1.29, 1.82) is 10.5 Å². The van der Waals surface area contributed by atoms with Gasteiger partial charge in [0.25, 0.3) is 0 Å². The lowest BCUT2D eigenvalue weighted by molar-refractivity contribution is 0.542. The van der Waals surface area contributed by atoms with E-state index >= 15 is 0 Å². The molecule has 0 unspecified atom stereocenters. The third-order valence-electron chi connectivity index (χ3n) is 5.60. The van der Waals surface area contributed by atoms with Gasteiger partial charge in [-0.25, -0.2) is 0 Å². The van der Waals surface area contributed by atoms with Gasteiger partial charge in [-0.3, -0.25) is 0 Å². The van der Waals surface area contributed by atoms with Crippen molar-refractivity contribution in [1.82, 2.24) is 0 Å². The molecule has 0 heterocycles. The first-order valence-electron chi connectivity index (χ1n) is 9.85. The SMILES string of the molecule is CN(C)c1ccc(C(c2ccccc2)(c2ccc(N(C)C)cc2)C(C#N)C#N)cc1. The van der Waals surface area contributed by atoms with Gasteiger partial charge in [0, 0.05) is 39.6 Å². The molecule has 0 saturated heterocycles. The molecule has 4 heteroatoms. The summed E-state index contributed by atoms with van der Waals surface area (Å²) in [6, 6.07) is 30.7. The van der Waals surface area contributed by atoms with Gasteiger partial charge in [-0.1, -0.05) is 54.6 Å². The summed E-state index contributed by atoms with van der Waals surface area (Å²) in [6.45, 7) is 0. The van der Waals surface area contributed by atoms with Crippen molar-refractivity contribution in [2.24, 2.45) is 5.92 Å². The molecule has 0 saturated carbocycles. The summed E-state index contributed by atoms with van der Waals surface area (Å²) >= 11 is 0. The number of anilines is 2. The van der Waals surface area contributed by atoms with Crippen LogP contribution in [0.25, 0.3) is 0 Å². The molecule has 30 heavy (non-hydrogen) atoms. The maximum absolute atomic E-state index is 10.0. The van der Waals surface area contributed by atoms with Crippen LogP contribution in [0.15, 0.2) is 78.9 Å². The lowest BCUT2D eigenvalue weighted by atomic mass is 9.62. The van der Waals surface area contributed by atoms with E-state index in [0.29, 0.717) is 0 Å². The molecule has 3 rings (SSSR count). The first-order valence-corrected chi connectivity index (χ1v) is 9.85. The average Bonchev–Trinajstić information content (AvgIpc) is 2.78. The number of nitrogens with zero attached hydrogens (tertiary/aromatic N) is 4. The zero-order valence-corrected chi connectivity index (χ0v) is 17.9. The third-order valence-corrected chi connectivity index (χ3v) is 5.60. The monoisotopic (exact) mass is 394 g/mol. The Labute approximate surface area is 179 Å². The van der Waals surface area contributed by atoms with E-state index in [2.05, 4.69) is 12.1 Å². The fourth-order valence-electron chi connectivity index (χ4n) is 3.97. The number of hydrogen-bond acceptors (Lipinski definition) is 4. The van der Waals surface area contributed by atoms with Crippen molar-refractivity contribution in [2.45, 2.75) is 5.41 Å². The van der Waals surface area contributed by atoms with E-state index in [1.165, 1.54) is 0 Å². The molecule has 3 aromatic carbocycles. The molecule has 3 aromatic rings. The molecule has 4 nitrogen and oxygen atoms in total. The Morgan fingerprint density at radius 2 is 0.967 bits per heavy atom. The zero-order valence-electron chi connectivity index (χ0n) is 17.9. The van der Waals surface area contributed by atoms with E-state index in [-0.39, 0.29) is 0 Å². The maximum atomic E-state index is 10.0. The van der Waals surface area contributed by atoms with Crippen molar-refractivity contribution < 1.29 is 0 Å². The van der Waals surface area contributed by atoms with Crippen LogP contribution in [0.1, 0.15) is 16.7 Å². The average molecular weight is 395 g/mol. The van der Waals surface area contributed by atoms with E-state index in [0.717, 1.165) is 28.1 Å². The van der Waals surface area contributed by atoms with Gasteiger partial charge >= 0.3 is 0 Å². The second-order valence-electron chi connectivity index (χ2n) is 7.75. The molecule has 0 bridgehead atoms. The van der Waals surface area contributed by atoms with Crippen LogP contribution >= 0.6 is 0 Å². The van der Waals surface area contributed by atoms with Gasteiger partial charge in [-0.05, 0) is 41.0 Å². The molecule has 0 spiro atoms. The van der Waals surface area contributed by atoms with Crippen LogP contribution in [0.5, 0.6) is 0 Å². The third kappa shape index (κ3) is 3.61. The number of rotatable bonds is 6. The second kappa shape index (κ2) is 8.72. The highest BCUT2D eigenvalue weighted by molar-refractivity contribution is 5.59. The van der Waals surface area contributed by atoms with Crippen LogP contribution in [0.2, 0.25) is 0 Å². The standard InChI is InChI=1S/C26H26N4/c1-29(2)24-14-10-21(11-15-24)26(23(18-27)19-28,20-8-6-5-7-9-20)22-12-16-25(17-13-22)30(3)4/h5-17,23H,1-4H3. The topological polar surface area (TPSA) is 54.1 Å². The molecule has 0 aliphatic heterocycles. The first kappa shape index (κ1) is 21.0. The minimum Gasteiger partial charge on any atom is -0.378 e. The summed E-state index contributed by atoms with van der Waals surface area (Å²) in [6.07, 6.45) is 0. The molecule has 0 amide bonds. The molecule has 0 aliphatic carbocycles. The van der Waals surface area contributed by atoms with Crippen molar-refractivity contribution in [3.05, 3.63) is 95.6 Å². The zero-order chi connectivity index (χ0) is 21.7. The molecule has 0 N–H and O–H groups in total. The quantitative estimate of drug-likeness (QED) is 0.563. The van der Waals surface area contributed by atoms with E-state index in [1.807, 2.05) is 117 Å². The Morgan fingerprint density at radius 1 is 0.600 bits per heavy atom. The Hall–Kier alpha value is -3.76. The van der Waals surface area contributed by atoms with Crippen molar-refractivity contribution >= 4 is 11.4 Å². The Bertz CT molecular complexity index is 988. The van der Waals surface area contributed by atoms with Gasteiger partial charge in [0.2, 0.25) is 0 Å². The smallest absolute Gasteiger partial charge is 0.151 e. The lowest BCUT2D eigenvalue weighted by Gasteiger charge is -2.37. The normalized spacial score (nSPS) is 10.9. The number of benzene rings is 3. The minimum absolute atomic E-state index is 0.893. The van der Waals surface area contributed by atoms with Crippen LogP contribution < -0.4 is 9.80 Å². The molecule has 0 aromatic heterocycles. The van der Waals surface area contributed by atoms with Gasteiger partial charge in [0.15, 0.2) is 5.92 Å². The van der Waals surface area contributed by atoms with Gasteiger partial charge in [-0.15, -0.1) is 0 Å². The first-order chi connectivity index (χ1) is 14.4. The maximum Gasteiger partial charge on any atom is 0.151 e. The molecule has 0 atom stereocenters. The molecule has 0 radical (unpaired) electrons. The lowest BCUT2D eigenvalue weighted by Crippen LogP contribution is -2.37. The summed E-state index contributed by atoms with van der Waals surface area (Å²) in [5.74, 6) is -0.893. The largest absolute Gasteiger partial charge is 0.378 e. The van der Waals surface area contributed by atoms with Crippen molar-refractivity contribution in [3.63, 3.8) is 0 Å². The molecular formula is C26H26N4. The Morgan fingerprint density at radius 3 is 1.30 bits per heavy atom. The number of hydrogen-bond donors (Lipinski definition) is 0. The molecular weight excluding hydrogens is 368 g/mol. The van der Waals surface area contributed by atoms with E-state index in [4.69, 9.17) is 0 Å². The Balaban J connectivity index is 2.35. The molecule has 150 valence electrons. The summed E-state index contributed by atoms with van der Waals surface area (Å²) in [7, 11) is 7.97. The molecule has 0 aliphatic rings. The fourth-order valence-corrected chi connectivity index (χ4v) is 3.97. The van der Waals surface area contributed by atoms with Gasteiger partial charge in [-0.2, -0.15) is 10.5 Å². The predicted octanol–water partition coefficient (Wildman–Crippen LogP) is 4.82. The van der Waals surface area contributed by atoms with Gasteiger partial charge in [0.05, 0.1) is 17.6 Å². The van der Waals surface area contributed by atoms with E-state index < -0.39 is 11.3 Å². The van der Waals surface area contributed by atoms with Gasteiger partial charge in [0.1, 0.15) is 0 Å². The summed E-state index contributed by atoms with van der Waals surface area (Å²) in [5, 5.41) is 20.1. The summed E-state index contributed by atoms with van der Waals surface area (Å²) in [5.41, 5.74) is 3.99. The second-order valence-corrected chi connectivity index (χ2v) is 7.75. The highest BCUT2D eigenvalue weighted by atomic mass is 15.1. The van der Waals surface area contributed by atoms with Crippen LogP contribution in [-0.4, -0.2) is 28.2 Å². The Kier molecular flexibility index (Phi) is 6.09. The van der Waals surface area contributed by atoms with Crippen molar-refractivity contribution in [2.75, 3.05) is 38.0 Å². The van der Waals surface area contributed by atoms with E-state index in [1.54, 1.807) is 0 Å². The van der Waals surface area contributed by atoms with E-state index in [9.17, 15) is 10.5 Å². The van der Waals surface area contributed by atoms with Crippen molar-refractivity contribution in [3.8, 4) is 12.1 Å². The van der Waals surface area contributed by atoms with Crippen LogP contribution in [0.4, 0.5) is 11.4 Å². The van der Waals surface area contributed by atoms with Crippen LogP contribution in [0, 0.1) is 28.6 Å². The predicted molar refractivity (Wildman–Crippen MR) is 123 cm³/mol. The van der Waals surface area contributed by atoms with Crippen LogP contribution in [-0.2, 0) is 5.41 Å². The summed E-state index contributed by atoms with van der Waals surface area (Å²) < 4.78 is 0. The molecule has 0 fully saturated rings. The van der Waals surface area contributed by atoms with Gasteiger partial charge < -0.3 is 9.80 Å².